The van der Waals surface area contributed by atoms with Crippen LogP contribution in [0.4, 0.5) is 0 Å². The van der Waals surface area contributed by atoms with Crippen LogP contribution in [0.5, 0.6) is 0 Å². The predicted octanol–water partition coefficient (Wildman–Crippen LogP) is 1.46. The second-order valence-electron chi connectivity index (χ2n) is 7.68. The lowest BCUT2D eigenvalue weighted by molar-refractivity contribution is -0.136. The van der Waals surface area contributed by atoms with Crippen LogP contribution in [0.3, 0.4) is 0 Å². The third kappa shape index (κ3) is 4.58. The van der Waals surface area contributed by atoms with Crippen LogP contribution < -0.4 is 0 Å². The van der Waals surface area contributed by atoms with Crippen molar-refractivity contribution in [3.63, 3.8) is 0 Å². The van der Waals surface area contributed by atoms with Gasteiger partial charge in [-0.25, -0.2) is 0 Å². The van der Waals surface area contributed by atoms with Crippen molar-refractivity contribution in [1.82, 2.24) is 14.7 Å². The number of rotatable bonds is 4. The number of carbonyl (C=O) groups is 1. The lowest BCUT2D eigenvalue weighted by Crippen LogP contribution is -2.52. The molecule has 0 spiro atoms. The smallest absolute Gasteiger partial charge is 0.236 e. The second kappa shape index (κ2) is 8.45. The summed E-state index contributed by atoms with van der Waals surface area (Å²) in [6.07, 6.45) is 5.01. The number of morpholine rings is 1. The first-order valence-corrected chi connectivity index (χ1v) is 9.60. The van der Waals surface area contributed by atoms with Gasteiger partial charge in [0, 0.05) is 45.8 Å². The normalized spacial score (nSPS) is 30.2. The fourth-order valence-electron chi connectivity index (χ4n) is 4.21. The Morgan fingerprint density at radius 2 is 1.79 bits per heavy atom. The number of hydrogen-bond acceptors (Lipinski definition) is 4. The van der Waals surface area contributed by atoms with E-state index in [1.54, 1.807) is 5.57 Å². The Labute approximate surface area is 146 Å². The molecule has 24 heavy (non-hydrogen) atoms. The first kappa shape index (κ1) is 17.9. The Bertz CT molecular complexity index is 452. The van der Waals surface area contributed by atoms with Gasteiger partial charge in [-0.1, -0.05) is 18.6 Å². The van der Waals surface area contributed by atoms with Crippen molar-refractivity contribution in [2.75, 3.05) is 65.6 Å². The van der Waals surface area contributed by atoms with Crippen LogP contribution in [0.25, 0.3) is 0 Å². The molecule has 1 amide bonds. The summed E-state index contributed by atoms with van der Waals surface area (Å²) in [6, 6.07) is 0. The van der Waals surface area contributed by atoms with Crippen molar-refractivity contribution < 1.29 is 9.53 Å². The summed E-state index contributed by atoms with van der Waals surface area (Å²) in [5.41, 5.74) is 1.58. The van der Waals surface area contributed by atoms with E-state index in [1.165, 1.54) is 19.4 Å². The number of hydrogen-bond donors (Lipinski definition) is 0. The van der Waals surface area contributed by atoms with E-state index in [0.29, 0.717) is 19.8 Å². The van der Waals surface area contributed by atoms with E-state index in [0.717, 1.165) is 51.1 Å². The van der Waals surface area contributed by atoms with E-state index in [9.17, 15) is 4.79 Å². The Balaban J connectivity index is 1.41. The van der Waals surface area contributed by atoms with E-state index in [1.807, 2.05) is 4.90 Å². The van der Waals surface area contributed by atoms with Crippen LogP contribution in [-0.4, -0.2) is 86.2 Å². The summed E-state index contributed by atoms with van der Waals surface area (Å²) in [7, 11) is 0. The summed E-state index contributed by atoms with van der Waals surface area (Å²) in [4.78, 5) is 19.2. The average Bonchev–Trinajstić information content (AvgIpc) is 2.60. The Morgan fingerprint density at radius 3 is 2.46 bits per heavy atom. The molecular weight excluding hydrogens is 302 g/mol. The molecule has 0 saturated carbocycles. The highest BCUT2D eigenvalue weighted by molar-refractivity contribution is 5.78. The van der Waals surface area contributed by atoms with Gasteiger partial charge in [0.05, 0.1) is 19.8 Å². The van der Waals surface area contributed by atoms with Crippen LogP contribution >= 0.6 is 0 Å². The van der Waals surface area contributed by atoms with Crippen LogP contribution in [0.2, 0.25) is 0 Å². The van der Waals surface area contributed by atoms with Gasteiger partial charge in [0.2, 0.25) is 5.91 Å². The molecule has 0 aromatic heterocycles. The molecule has 2 heterocycles. The van der Waals surface area contributed by atoms with Gasteiger partial charge in [-0.05, 0) is 31.6 Å². The summed E-state index contributed by atoms with van der Waals surface area (Å²) < 4.78 is 5.32. The molecule has 3 aliphatic rings. The van der Waals surface area contributed by atoms with Gasteiger partial charge in [0.25, 0.3) is 0 Å². The highest BCUT2D eigenvalue weighted by atomic mass is 16.5. The number of ether oxygens (including phenoxy) is 1. The molecule has 0 bridgehead atoms. The molecule has 1 aliphatic carbocycles. The van der Waals surface area contributed by atoms with Gasteiger partial charge < -0.3 is 14.5 Å². The molecule has 0 aromatic rings. The van der Waals surface area contributed by atoms with E-state index in [4.69, 9.17) is 4.74 Å². The zero-order chi connectivity index (χ0) is 16.9. The van der Waals surface area contributed by atoms with Gasteiger partial charge in [0.1, 0.15) is 0 Å². The highest BCUT2D eigenvalue weighted by Crippen LogP contribution is 2.30. The van der Waals surface area contributed by atoms with E-state index >= 15 is 0 Å². The zero-order valence-electron chi connectivity index (χ0n) is 15.4. The third-order valence-electron chi connectivity index (χ3n) is 6.00. The molecule has 3 rings (SSSR count). The maximum Gasteiger partial charge on any atom is 0.236 e. The molecule has 136 valence electrons. The number of carbonyl (C=O) groups excluding carboxylic acids is 1. The fourth-order valence-corrected chi connectivity index (χ4v) is 4.21. The number of amides is 1. The molecule has 5 heteroatoms. The molecule has 2 atom stereocenters. The Morgan fingerprint density at radius 1 is 1.12 bits per heavy atom. The first-order valence-electron chi connectivity index (χ1n) is 9.60. The molecule has 2 aliphatic heterocycles. The monoisotopic (exact) mass is 335 g/mol. The lowest BCUT2D eigenvalue weighted by Gasteiger charge is -2.39. The molecule has 0 aromatic carbocycles. The highest BCUT2D eigenvalue weighted by Gasteiger charge is 2.27. The first-order chi connectivity index (χ1) is 11.6. The summed E-state index contributed by atoms with van der Waals surface area (Å²) >= 11 is 0. The summed E-state index contributed by atoms with van der Waals surface area (Å²) in [6.45, 7) is 13.6. The maximum atomic E-state index is 12.4. The molecule has 0 N–H and O–H groups in total. The van der Waals surface area contributed by atoms with Crippen molar-refractivity contribution in [3.8, 4) is 0 Å². The van der Waals surface area contributed by atoms with Crippen molar-refractivity contribution in [1.29, 1.82) is 0 Å². The number of piperazine rings is 1. The van der Waals surface area contributed by atoms with Crippen molar-refractivity contribution >= 4 is 5.91 Å². The van der Waals surface area contributed by atoms with Crippen molar-refractivity contribution in [2.24, 2.45) is 11.8 Å². The minimum Gasteiger partial charge on any atom is -0.378 e. The van der Waals surface area contributed by atoms with Crippen LogP contribution in [0.1, 0.15) is 26.7 Å². The fraction of sp³-hybridized carbons (Fsp3) is 0.842. The molecule has 2 saturated heterocycles. The SMILES string of the molecule is CC1=CCC[C@@H](C)[C@H]1CN1CCN(CC(=O)N2CCOCC2)CC1. The van der Waals surface area contributed by atoms with Gasteiger partial charge in [0.15, 0.2) is 0 Å². The number of nitrogens with zero attached hydrogens (tertiary/aromatic N) is 3. The van der Waals surface area contributed by atoms with Crippen molar-refractivity contribution in [3.05, 3.63) is 11.6 Å². The van der Waals surface area contributed by atoms with Crippen LogP contribution in [0, 0.1) is 11.8 Å². The molecule has 2 fully saturated rings. The molecule has 5 nitrogen and oxygen atoms in total. The minimum atomic E-state index is 0.270. The molecule has 0 radical (unpaired) electrons. The average molecular weight is 335 g/mol. The van der Waals surface area contributed by atoms with Gasteiger partial charge in [-0.3, -0.25) is 9.69 Å². The molecule has 0 unspecified atom stereocenters. The molecular formula is C19H33N3O2. The number of allylic oxidation sites excluding steroid dienone is 1. The van der Waals surface area contributed by atoms with E-state index in [-0.39, 0.29) is 5.91 Å². The Hall–Kier alpha value is -0.910. The largest absolute Gasteiger partial charge is 0.378 e. The minimum absolute atomic E-state index is 0.270. The quantitative estimate of drug-likeness (QED) is 0.729. The van der Waals surface area contributed by atoms with Crippen LogP contribution in [0.15, 0.2) is 11.6 Å². The maximum absolute atomic E-state index is 12.4. The summed E-state index contributed by atoms with van der Waals surface area (Å²) in [5.74, 6) is 1.79. The standard InChI is InChI=1S/C19H33N3O2/c1-16-4-3-5-17(2)18(16)14-20-6-8-21(9-7-20)15-19(23)22-10-12-24-13-11-22/h4,17-18H,3,5-15H2,1-2H3/t17-,18+/m1/s1. The third-order valence-corrected chi connectivity index (χ3v) is 6.00. The zero-order valence-corrected chi connectivity index (χ0v) is 15.4. The van der Waals surface area contributed by atoms with E-state index in [2.05, 4.69) is 29.7 Å². The van der Waals surface area contributed by atoms with Gasteiger partial charge in [-0.15, -0.1) is 0 Å². The topological polar surface area (TPSA) is 36.0 Å². The summed E-state index contributed by atoms with van der Waals surface area (Å²) in [5, 5.41) is 0. The van der Waals surface area contributed by atoms with Crippen LogP contribution in [-0.2, 0) is 9.53 Å². The Kier molecular flexibility index (Phi) is 6.31. The lowest BCUT2D eigenvalue weighted by atomic mass is 9.80. The van der Waals surface area contributed by atoms with Gasteiger partial charge >= 0.3 is 0 Å². The van der Waals surface area contributed by atoms with Crippen molar-refractivity contribution in [2.45, 2.75) is 26.7 Å². The second-order valence-corrected chi connectivity index (χ2v) is 7.68. The van der Waals surface area contributed by atoms with Gasteiger partial charge in [-0.2, -0.15) is 0 Å². The predicted molar refractivity (Wildman–Crippen MR) is 95.9 cm³/mol. The van der Waals surface area contributed by atoms with E-state index < -0.39 is 0 Å².